The van der Waals surface area contributed by atoms with Crippen molar-refractivity contribution in [3.05, 3.63) is 53.8 Å². The van der Waals surface area contributed by atoms with Crippen LogP contribution in [0.3, 0.4) is 0 Å². The quantitative estimate of drug-likeness (QED) is 0.521. The van der Waals surface area contributed by atoms with Gasteiger partial charge in [-0.1, -0.05) is 0 Å². The Hall–Kier alpha value is -3.17. The van der Waals surface area contributed by atoms with Crippen molar-refractivity contribution in [3.63, 3.8) is 0 Å². The molecular weight excluding hydrogens is 432 g/mol. The SMILES string of the molecule is CC(O)(CS(=O)(=O)c1ccc(F)cc1)C(=O)Nc1ccc(C#N)c(OC(F)(F)F)c1. The number of benzene rings is 2. The van der Waals surface area contributed by atoms with E-state index in [9.17, 15) is 35.9 Å². The lowest BCUT2D eigenvalue weighted by Gasteiger charge is -2.22. The molecular formula is C18H14F4N2O5S. The van der Waals surface area contributed by atoms with Crippen molar-refractivity contribution in [1.82, 2.24) is 0 Å². The van der Waals surface area contributed by atoms with Gasteiger partial charge >= 0.3 is 6.36 Å². The summed E-state index contributed by atoms with van der Waals surface area (Å²) in [5.74, 6) is -3.90. The van der Waals surface area contributed by atoms with E-state index in [1.54, 1.807) is 0 Å². The maximum Gasteiger partial charge on any atom is 0.573 e. The van der Waals surface area contributed by atoms with Gasteiger partial charge in [-0.2, -0.15) is 5.26 Å². The molecule has 1 atom stereocenters. The van der Waals surface area contributed by atoms with E-state index in [1.807, 2.05) is 0 Å². The lowest BCUT2D eigenvalue weighted by atomic mass is 10.1. The van der Waals surface area contributed by atoms with Gasteiger partial charge < -0.3 is 15.2 Å². The minimum absolute atomic E-state index is 0.280. The molecule has 0 spiro atoms. The second-order valence-corrected chi connectivity index (χ2v) is 8.30. The molecule has 0 radical (unpaired) electrons. The third kappa shape index (κ3) is 5.91. The Kier molecular flexibility index (Phi) is 6.39. The molecule has 0 fully saturated rings. The minimum Gasteiger partial charge on any atom is -0.404 e. The molecule has 0 bridgehead atoms. The van der Waals surface area contributed by atoms with Crippen LogP contribution in [0.15, 0.2) is 47.4 Å². The van der Waals surface area contributed by atoms with Gasteiger partial charge in [0.15, 0.2) is 15.4 Å². The van der Waals surface area contributed by atoms with Gasteiger partial charge in [0, 0.05) is 11.8 Å². The molecule has 160 valence electrons. The van der Waals surface area contributed by atoms with E-state index in [0.29, 0.717) is 6.07 Å². The number of hydrogen-bond donors (Lipinski definition) is 2. The van der Waals surface area contributed by atoms with Crippen LogP contribution in [-0.2, 0) is 14.6 Å². The number of alkyl halides is 3. The van der Waals surface area contributed by atoms with E-state index in [0.717, 1.165) is 43.3 Å². The van der Waals surface area contributed by atoms with Crippen LogP contribution in [-0.4, -0.2) is 37.1 Å². The van der Waals surface area contributed by atoms with E-state index in [-0.39, 0.29) is 10.6 Å². The van der Waals surface area contributed by atoms with Crippen molar-refractivity contribution >= 4 is 21.4 Å². The summed E-state index contributed by atoms with van der Waals surface area (Å²) in [5.41, 5.74) is -3.24. The van der Waals surface area contributed by atoms with E-state index in [1.165, 1.54) is 6.07 Å². The van der Waals surface area contributed by atoms with Crippen molar-refractivity contribution in [1.29, 1.82) is 5.26 Å². The summed E-state index contributed by atoms with van der Waals surface area (Å²) in [4.78, 5) is 12.0. The molecule has 2 aromatic carbocycles. The summed E-state index contributed by atoms with van der Waals surface area (Å²) in [7, 11) is -4.21. The number of rotatable bonds is 6. The number of halogens is 4. The predicted molar refractivity (Wildman–Crippen MR) is 95.5 cm³/mol. The van der Waals surface area contributed by atoms with Crippen LogP contribution in [0, 0.1) is 17.1 Å². The van der Waals surface area contributed by atoms with Gasteiger partial charge in [0.2, 0.25) is 0 Å². The molecule has 1 amide bonds. The average molecular weight is 446 g/mol. The molecule has 0 aromatic heterocycles. The fraction of sp³-hybridized carbons (Fsp3) is 0.222. The van der Waals surface area contributed by atoms with Gasteiger partial charge in [-0.25, -0.2) is 12.8 Å². The maximum absolute atomic E-state index is 13.0. The lowest BCUT2D eigenvalue weighted by Crippen LogP contribution is -2.45. The number of amides is 1. The van der Waals surface area contributed by atoms with Crippen LogP contribution < -0.4 is 10.1 Å². The Balaban J connectivity index is 2.22. The molecule has 0 heterocycles. The highest BCUT2D eigenvalue weighted by molar-refractivity contribution is 7.91. The van der Waals surface area contributed by atoms with Gasteiger partial charge in [-0.15, -0.1) is 13.2 Å². The van der Waals surface area contributed by atoms with Crippen LogP contribution >= 0.6 is 0 Å². The lowest BCUT2D eigenvalue weighted by molar-refractivity contribution is -0.274. The third-order valence-corrected chi connectivity index (χ3v) is 5.65. The zero-order valence-electron chi connectivity index (χ0n) is 15.2. The molecule has 0 aliphatic carbocycles. The average Bonchev–Trinajstić information content (AvgIpc) is 2.60. The Morgan fingerprint density at radius 2 is 1.80 bits per heavy atom. The number of hydrogen-bond acceptors (Lipinski definition) is 6. The van der Waals surface area contributed by atoms with Crippen molar-refractivity contribution < 1.29 is 40.6 Å². The number of nitrogens with zero attached hydrogens (tertiary/aromatic N) is 1. The smallest absolute Gasteiger partial charge is 0.404 e. The largest absolute Gasteiger partial charge is 0.573 e. The number of carbonyl (C=O) groups excluding carboxylic acids is 1. The summed E-state index contributed by atoms with van der Waals surface area (Å²) in [6.45, 7) is 0.889. The first-order valence-corrected chi connectivity index (χ1v) is 9.71. The summed E-state index contributed by atoms with van der Waals surface area (Å²) in [5, 5.41) is 21.3. The number of nitriles is 1. The Morgan fingerprint density at radius 1 is 1.20 bits per heavy atom. The van der Waals surface area contributed by atoms with Crippen molar-refractivity contribution in [3.8, 4) is 11.8 Å². The Morgan fingerprint density at radius 3 is 2.33 bits per heavy atom. The van der Waals surface area contributed by atoms with Crippen LogP contribution in [0.2, 0.25) is 0 Å². The van der Waals surface area contributed by atoms with Gasteiger partial charge in [-0.3, -0.25) is 4.79 Å². The number of anilines is 1. The van der Waals surface area contributed by atoms with Crippen LogP contribution in [0.1, 0.15) is 12.5 Å². The maximum atomic E-state index is 13.0. The highest BCUT2D eigenvalue weighted by Crippen LogP contribution is 2.29. The topological polar surface area (TPSA) is 116 Å². The fourth-order valence-electron chi connectivity index (χ4n) is 2.33. The summed E-state index contributed by atoms with van der Waals surface area (Å²) >= 11 is 0. The first-order valence-electron chi connectivity index (χ1n) is 8.05. The van der Waals surface area contributed by atoms with E-state index in [2.05, 4.69) is 10.1 Å². The molecule has 2 rings (SSSR count). The number of carbonyl (C=O) groups is 1. The van der Waals surface area contributed by atoms with E-state index in [4.69, 9.17) is 5.26 Å². The van der Waals surface area contributed by atoms with Crippen molar-refractivity contribution in [2.24, 2.45) is 0 Å². The zero-order chi connectivity index (χ0) is 22.7. The normalized spacial score (nSPS) is 13.8. The van der Waals surface area contributed by atoms with Crippen molar-refractivity contribution in [2.75, 3.05) is 11.1 Å². The molecule has 30 heavy (non-hydrogen) atoms. The third-order valence-electron chi connectivity index (χ3n) is 3.72. The second-order valence-electron chi connectivity index (χ2n) is 6.31. The highest BCUT2D eigenvalue weighted by Gasteiger charge is 2.37. The van der Waals surface area contributed by atoms with Crippen molar-refractivity contribution in [2.45, 2.75) is 23.8 Å². The highest BCUT2D eigenvalue weighted by atomic mass is 32.2. The summed E-state index contributed by atoms with van der Waals surface area (Å²) < 4.78 is 78.8. The zero-order valence-corrected chi connectivity index (χ0v) is 16.0. The van der Waals surface area contributed by atoms with Gasteiger partial charge in [0.25, 0.3) is 5.91 Å². The number of ether oxygens (including phenoxy) is 1. The van der Waals surface area contributed by atoms with Crippen LogP contribution in [0.5, 0.6) is 5.75 Å². The standard InChI is InChI=1S/C18H14F4N2O5S/c1-17(26,10-30(27,28)14-6-3-12(19)4-7-14)16(25)24-13-5-2-11(9-23)15(8-13)29-18(20,21)22/h2-8,26H,10H2,1H3,(H,24,25). The molecule has 2 aromatic rings. The minimum atomic E-state index is -5.09. The molecule has 7 nitrogen and oxygen atoms in total. The molecule has 1 unspecified atom stereocenters. The molecule has 12 heteroatoms. The summed E-state index contributed by atoms with van der Waals surface area (Å²) in [6, 6.07) is 7.91. The van der Waals surface area contributed by atoms with E-state index >= 15 is 0 Å². The number of sulfone groups is 1. The Bertz CT molecular complexity index is 1090. The van der Waals surface area contributed by atoms with Gasteiger partial charge in [0.05, 0.1) is 16.2 Å². The first-order chi connectivity index (χ1) is 13.7. The molecule has 0 aliphatic heterocycles. The number of nitrogens with one attached hydrogen (secondary N) is 1. The van der Waals surface area contributed by atoms with E-state index < -0.39 is 50.6 Å². The van der Waals surface area contributed by atoms with Gasteiger partial charge in [0.1, 0.15) is 17.6 Å². The fourth-order valence-corrected chi connectivity index (χ4v) is 3.92. The molecule has 0 aliphatic rings. The molecule has 0 saturated carbocycles. The molecule has 0 saturated heterocycles. The monoisotopic (exact) mass is 446 g/mol. The predicted octanol–water partition coefficient (Wildman–Crippen LogP) is 2.76. The first kappa shape index (κ1) is 23.1. The summed E-state index contributed by atoms with van der Waals surface area (Å²) in [6.07, 6.45) is -5.09. The van der Waals surface area contributed by atoms with Gasteiger partial charge in [-0.05, 0) is 43.3 Å². The number of aliphatic hydroxyl groups is 1. The second kappa shape index (κ2) is 8.29. The van der Waals surface area contributed by atoms with Crippen LogP contribution in [0.25, 0.3) is 0 Å². The molecule has 2 N–H and O–H groups in total. The Labute approximate surface area is 168 Å². The van der Waals surface area contributed by atoms with Crippen LogP contribution in [0.4, 0.5) is 23.2 Å².